The van der Waals surface area contributed by atoms with Crippen LogP contribution in [-0.4, -0.2) is 21.8 Å². The molecule has 1 aliphatic rings. The predicted octanol–water partition coefficient (Wildman–Crippen LogP) is 1.83. The van der Waals surface area contributed by atoms with Gasteiger partial charge in [0.2, 0.25) is 5.95 Å². The Morgan fingerprint density at radius 2 is 1.61 bits per heavy atom. The molecular weight excluding hydrogens is 230 g/mol. The summed E-state index contributed by atoms with van der Waals surface area (Å²) in [7, 11) is 0. The highest BCUT2D eigenvalue weighted by Gasteiger charge is 2.40. The second-order valence-corrected chi connectivity index (χ2v) is 4.31. The van der Waals surface area contributed by atoms with Crippen molar-refractivity contribution in [2.24, 2.45) is 0 Å². The fourth-order valence-electron chi connectivity index (χ4n) is 2.25. The molecule has 0 saturated carbocycles. The van der Waals surface area contributed by atoms with E-state index >= 15 is 0 Å². The summed E-state index contributed by atoms with van der Waals surface area (Å²) in [4.78, 5) is 32.5. The van der Waals surface area contributed by atoms with E-state index in [1.807, 2.05) is 26.0 Å². The number of aromatic nitrogens is 2. The van der Waals surface area contributed by atoms with Gasteiger partial charge in [0.1, 0.15) is 0 Å². The summed E-state index contributed by atoms with van der Waals surface area (Å²) in [5.41, 5.74) is 2.58. The number of hydrogen-bond acceptors (Lipinski definition) is 3. The summed E-state index contributed by atoms with van der Waals surface area (Å²) in [5.74, 6) is -0.364. The van der Waals surface area contributed by atoms with Gasteiger partial charge in [-0.15, -0.1) is 0 Å². The second-order valence-electron chi connectivity index (χ2n) is 4.31. The predicted molar refractivity (Wildman–Crippen MR) is 65.6 cm³/mol. The Balaban J connectivity index is 2.23. The van der Waals surface area contributed by atoms with Gasteiger partial charge >= 0.3 is 0 Å². The fourth-order valence-corrected chi connectivity index (χ4v) is 2.25. The van der Waals surface area contributed by atoms with Crippen LogP contribution in [0.15, 0.2) is 24.5 Å². The summed E-state index contributed by atoms with van der Waals surface area (Å²) in [6, 6.07) is 3.70. The van der Waals surface area contributed by atoms with Crippen LogP contribution in [-0.2, 0) is 0 Å². The topological polar surface area (TPSA) is 66.1 Å². The van der Waals surface area contributed by atoms with Crippen molar-refractivity contribution in [3.8, 4) is 0 Å². The molecule has 0 spiro atoms. The van der Waals surface area contributed by atoms with Crippen molar-refractivity contribution in [2.45, 2.75) is 13.8 Å². The van der Waals surface area contributed by atoms with Crippen LogP contribution < -0.4 is 4.90 Å². The molecule has 0 saturated heterocycles. The average molecular weight is 241 g/mol. The lowest BCUT2D eigenvalue weighted by Crippen LogP contribution is -2.30. The zero-order valence-corrected chi connectivity index (χ0v) is 10.0. The number of amides is 2. The van der Waals surface area contributed by atoms with Crippen LogP contribution in [0.3, 0.4) is 0 Å². The van der Waals surface area contributed by atoms with E-state index in [-0.39, 0.29) is 17.8 Å². The summed E-state index contributed by atoms with van der Waals surface area (Å²) in [6.07, 6.45) is 3.09. The number of nitrogens with one attached hydrogen (secondary N) is 1. The van der Waals surface area contributed by atoms with Gasteiger partial charge in [0.05, 0.1) is 11.1 Å². The highest BCUT2D eigenvalue weighted by Crippen LogP contribution is 2.30. The van der Waals surface area contributed by atoms with Gasteiger partial charge in [-0.25, -0.2) is 9.88 Å². The largest absolute Gasteiger partial charge is 0.330 e. The Bertz CT molecular complexity index is 618. The molecule has 1 N–H and O–H groups in total. The number of aryl methyl sites for hydroxylation is 2. The number of hydrogen-bond donors (Lipinski definition) is 1. The van der Waals surface area contributed by atoms with Crippen LogP contribution in [0, 0.1) is 13.8 Å². The molecule has 0 unspecified atom stereocenters. The van der Waals surface area contributed by atoms with E-state index in [2.05, 4.69) is 9.97 Å². The fraction of sp³-hybridized carbons (Fsp3) is 0.154. The molecule has 90 valence electrons. The normalized spacial score (nSPS) is 14.2. The Hall–Kier alpha value is -2.43. The van der Waals surface area contributed by atoms with Gasteiger partial charge in [-0.05, 0) is 25.0 Å². The zero-order valence-electron chi connectivity index (χ0n) is 10.0. The van der Waals surface area contributed by atoms with Crippen LogP contribution in [0.1, 0.15) is 31.8 Å². The van der Waals surface area contributed by atoms with E-state index in [1.54, 1.807) is 6.20 Å². The number of H-pyrrole nitrogens is 1. The molecule has 1 aromatic carbocycles. The highest BCUT2D eigenvalue weighted by atomic mass is 16.2. The molecule has 0 fully saturated rings. The maximum absolute atomic E-state index is 12.3. The molecule has 5 heteroatoms. The first-order valence-corrected chi connectivity index (χ1v) is 5.59. The molecular formula is C13H11N3O2. The smallest absolute Gasteiger partial charge is 0.268 e. The molecule has 0 atom stereocenters. The third-order valence-corrected chi connectivity index (χ3v) is 3.15. The number of anilines is 1. The number of benzene rings is 1. The molecule has 0 bridgehead atoms. The van der Waals surface area contributed by atoms with Gasteiger partial charge in [0, 0.05) is 12.4 Å². The zero-order chi connectivity index (χ0) is 12.9. The van der Waals surface area contributed by atoms with E-state index in [0.717, 1.165) is 16.0 Å². The monoisotopic (exact) mass is 241 g/mol. The SMILES string of the molecule is Cc1ccc(C)c2c1C(=O)N(c1ncc[nH]1)C2=O. The summed E-state index contributed by atoms with van der Waals surface area (Å²) in [5, 5.41) is 0. The number of carbonyl (C=O) groups is 2. The molecule has 2 heterocycles. The third kappa shape index (κ3) is 1.24. The number of rotatable bonds is 1. The van der Waals surface area contributed by atoms with E-state index < -0.39 is 0 Å². The Morgan fingerprint density at radius 1 is 1.06 bits per heavy atom. The van der Waals surface area contributed by atoms with E-state index in [9.17, 15) is 9.59 Å². The van der Waals surface area contributed by atoms with Gasteiger partial charge < -0.3 is 4.98 Å². The Labute approximate surface area is 103 Å². The summed E-state index contributed by atoms with van der Waals surface area (Å²) >= 11 is 0. The first kappa shape index (κ1) is 10.7. The maximum Gasteiger partial charge on any atom is 0.268 e. The third-order valence-electron chi connectivity index (χ3n) is 3.15. The Kier molecular flexibility index (Phi) is 2.10. The van der Waals surface area contributed by atoms with Crippen LogP contribution >= 0.6 is 0 Å². The lowest BCUT2D eigenvalue weighted by atomic mass is 9.99. The molecule has 3 rings (SSSR count). The number of carbonyl (C=O) groups excluding carboxylic acids is 2. The molecule has 5 nitrogen and oxygen atoms in total. The number of imidazole rings is 1. The number of nitrogens with zero attached hydrogens (tertiary/aromatic N) is 2. The molecule has 0 radical (unpaired) electrons. The van der Waals surface area contributed by atoms with Crippen molar-refractivity contribution in [1.82, 2.24) is 9.97 Å². The van der Waals surface area contributed by atoms with Crippen LogP contribution in [0.25, 0.3) is 0 Å². The van der Waals surface area contributed by atoms with E-state index in [0.29, 0.717) is 11.1 Å². The molecule has 0 aliphatic carbocycles. The summed E-state index contributed by atoms with van der Waals surface area (Å²) < 4.78 is 0. The minimum Gasteiger partial charge on any atom is -0.330 e. The average Bonchev–Trinajstić information content (AvgIpc) is 2.92. The number of imide groups is 1. The maximum atomic E-state index is 12.3. The van der Waals surface area contributed by atoms with Gasteiger partial charge in [0.15, 0.2) is 0 Å². The van der Waals surface area contributed by atoms with Gasteiger partial charge in [-0.2, -0.15) is 0 Å². The molecule has 2 aromatic rings. The second kappa shape index (κ2) is 3.53. The van der Waals surface area contributed by atoms with Crippen molar-refractivity contribution < 1.29 is 9.59 Å². The van der Waals surface area contributed by atoms with Crippen molar-refractivity contribution >= 4 is 17.8 Å². The van der Waals surface area contributed by atoms with Crippen LogP contribution in [0.4, 0.5) is 5.95 Å². The van der Waals surface area contributed by atoms with Crippen molar-refractivity contribution in [2.75, 3.05) is 4.90 Å². The van der Waals surface area contributed by atoms with Gasteiger partial charge in [-0.3, -0.25) is 9.59 Å². The lowest BCUT2D eigenvalue weighted by molar-refractivity contribution is 0.0924. The van der Waals surface area contributed by atoms with E-state index in [4.69, 9.17) is 0 Å². The standard InChI is InChI=1S/C13H11N3O2/c1-7-3-4-8(2)10-9(7)11(17)16(12(10)18)13-14-5-6-15-13/h3-6H,1-2H3,(H,14,15). The molecule has 1 aliphatic heterocycles. The first-order chi connectivity index (χ1) is 8.61. The van der Waals surface area contributed by atoms with Crippen LogP contribution in [0.5, 0.6) is 0 Å². The number of aromatic amines is 1. The lowest BCUT2D eigenvalue weighted by Gasteiger charge is -2.09. The Morgan fingerprint density at radius 3 is 2.06 bits per heavy atom. The minimum atomic E-state index is -0.314. The van der Waals surface area contributed by atoms with Crippen molar-refractivity contribution in [3.63, 3.8) is 0 Å². The first-order valence-electron chi connectivity index (χ1n) is 5.59. The van der Waals surface area contributed by atoms with Crippen LogP contribution in [0.2, 0.25) is 0 Å². The molecule has 18 heavy (non-hydrogen) atoms. The molecule has 2 amide bonds. The highest BCUT2D eigenvalue weighted by molar-refractivity contribution is 6.34. The van der Waals surface area contributed by atoms with Crippen molar-refractivity contribution in [1.29, 1.82) is 0 Å². The number of fused-ring (bicyclic) bond motifs is 1. The quantitative estimate of drug-likeness (QED) is 0.774. The van der Waals surface area contributed by atoms with Crippen molar-refractivity contribution in [3.05, 3.63) is 46.8 Å². The molecule has 1 aromatic heterocycles. The van der Waals surface area contributed by atoms with Gasteiger partial charge in [0.25, 0.3) is 11.8 Å². The summed E-state index contributed by atoms with van der Waals surface area (Å²) in [6.45, 7) is 3.66. The van der Waals surface area contributed by atoms with E-state index in [1.165, 1.54) is 6.20 Å². The van der Waals surface area contributed by atoms with Gasteiger partial charge in [-0.1, -0.05) is 12.1 Å². The minimum absolute atomic E-state index is 0.264.